The molecule has 0 saturated carbocycles. The number of ether oxygens (including phenoxy) is 1. The van der Waals surface area contributed by atoms with E-state index in [0.29, 0.717) is 0 Å². The van der Waals surface area contributed by atoms with Crippen LogP contribution < -0.4 is 10.1 Å². The van der Waals surface area contributed by atoms with Gasteiger partial charge in [0.15, 0.2) is 0 Å². The van der Waals surface area contributed by atoms with Gasteiger partial charge in [-0.1, -0.05) is 6.07 Å². The molecule has 0 amide bonds. The minimum Gasteiger partial charge on any atom is -0.491 e. The molecule has 0 saturated heterocycles. The van der Waals surface area contributed by atoms with Crippen LogP contribution in [0.25, 0.3) is 0 Å². The molecule has 0 aromatic heterocycles. The number of hydrogen-bond donors (Lipinski definition) is 1. The first-order valence-corrected chi connectivity index (χ1v) is 4.75. The number of hydrogen-bond acceptors (Lipinski definition) is 2. The van der Waals surface area contributed by atoms with Crippen molar-refractivity contribution in [3.05, 3.63) is 29.3 Å². The normalized spacial score (nSPS) is 14.7. The molecule has 2 nitrogen and oxygen atoms in total. The van der Waals surface area contributed by atoms with Gasteiger partial charge in [0.2, 0.25) is 0 Å². The summed E-state index contributed by atoms with van der Waals surface area (Å²) in [7, 11) is 0. The maximum Gasteiger partial charge on any atom is 0.120 e. The van der Waals surface area contributed by atoms with Crippen LogP contribution in [0.5, 0.6) is 5.75 Å². The highest BCUT2D eigenvalue weighted by Crippen LogP contribution is 2.22. The van der Waals surface area contributed by atoms with E-state index >= 15 is 0 Å². The lowest BCUT2D eigenvalue weighted by Crippen LogP contribution is -2.05. The van der Waals surface area contributed by atoms with Crippen LogP contribution in [0.2, 0.25) is 0 Å². The van der Waals surface area contributed by atoms with Crippen molar-refractivity contribution >= 4 is 0 Å². The van der Waals surface area contributed by atoms with Crippen molar-refractivity contribution in [2.45, 2.75) is 33.0 Å². The molecule has 0 fully saturated rings. The molecule has 1 heterocycles. The Hall–Kier alpha value is -1.02. The Morgan fingerprint density at radius 1 is 1.23 bits per heavy atom. The third kappa shape index (κ3) is 1.83. The fraction of sp³-hybridized carbons (Fsp3) is 0.455. The summed E-state index contributed by atoms with van der Waals surface area (Å²) in [5.41, 5.74) is 2.77. The average Bonchev–Trinajstić information content (AvgIpc) is 2.49. The smallest absolute Gasteiger partial charge is 0.120 e. The summed E-state index contributed by atoms with van der Waals surface area (Å²) in [5.74, 6) is 0.984. The lowest BCUT2D eigenvalue weighted by Gasteiger charge is -2.10. The molecule has 0 unspecified atom stereocenters. The van der Waals surface area contributed by atoms with Gasteiger partial charge in [0.25, 0.3) is 0 Å². The van der Waals surface area contributed by atoms with E-state index in [4.69, 9.17) is 4.74 Å². The summed E-state index contributed by atoms with van der Waals surface area (Å²) in [5, 5.41) is 3.31. The Kier molecular flexibility index (Phi) is 2.23. The van der Waals surface area contributed by atoms with Gasteiger partial charge in [-0.2, -0.15) is 0 Å². The number of benzene rings is 1. The highest BCUT2D eigenvalue weighted by Gasteiger charge is 2.10. The van der Waals surface area contributed by atoms with Crippen molar-refractivity contribution in [3.8, 4) is 5.75 Å². The van der Waals surface area contributed by atoms with E-state index in [0.717, 1.165) is 18.8 Å². The molecule has 0 bridgehead atoms. The van der Waals surface area contributed by atoms with Crippen LogP contribution in [0.4, 0.5) is 0 Å². The zero-order chi connectivity index (χ0) is 9.26. The molecule has 0 radical (unpaired) electrons. The Morgan fingerprint density at radius 2 is 2.00 bits per heavy atom. The van der Waals surface area contributed by atoms with Gasteiger partial charge in [-0.25, -0.2) is 0 Å². The van der Waals surface area contributed by atoms with Gasteiger partial charge in [-0.3, -0.25) is 0 Å². The fourth-order valence-corrected chi connectivity index (χ4v) is 1.62. The molecule has 0 atom stereocenters. The molecule has 0 aliphatic carbocycles. The molecule has 2 heteroatoms. The van der Waals surface area contributed by atoms with Crippen molar-refractivity contribution < 1.29 is 4.74 Å². The van der Waals surface area contributed by atoms with Crippen molar-refractivity contribution in [2.24, 2.45) is 0 Å². The maximum absolute atomic E-state index is 5.61. The summed E-state index contributed by atoms with van der Waals surface area (Å²) in [4.78, 5) is 0. The van der Waals surface area contributed by atoms with Crippen LogP contribution in [0.1, 0.15) is 25.0 Å². The lowest BCUT2D eigenvalue weighted by molar-refractivity contribution is 0.242. The molecular weight excluding hydrogens is 162 g/mol. The molecule has 1 aliphatic rings. The Bertz CT molecular complexity index is 307. The molecule has 13 heavy (non-hydrogen) atoms. The molecular formula is C11H15NO. The number of fused-ring (bicyclic) bond motifs is 1. The highest BCUT2D eigenvalue weighted by molar-refractivity contribution is 5.37. The second-order valence-corrected chi connectivity index (χ2v) is 3.70. The summed E-state index contributed by atoms with van der Waals surface area (Å²) in [6.07, 6.45) is 0.257. The van der Waals surface area contributed by atoms with Crippen LogP contribution in [0.15, 0.2) is 18.2 Å². The fourth-order valence-electron chi connectivity index (χ4n) is 1.62. The van der Waals surface area contributed by atoms with Gasteiger partial charge in [0, 0.05) is 13.1 Å². The van der Waals surface area contributed by atoms with Gasteiger partial charge in [0.05, 0.1) is 6.10 Å². The van der Waals surface area contributed by atoms with Crippen molar-refractivity contribution in [1.29, 1.82) is 0 Å². The summed E-state index contributed by atoms with van der Waals surface area (Å²) in [6.45, 7) is 6.07. The topological polar surface area (TPSA) is 21.3 Å². The van der Waals surface area contributed by atoms with Crippen LogP contribution >= 0.6 is 0 Å². The van der Waals surface area contributed by atoms with E-state index in [1.807, 2.05) is 19.9 Å². The minimum absolute atomic E-state index is 0.257. The number of rotatable bonds is 2. The van der Waals surface area contributed by atoms with Gasteiger partial charge in [-0.15, -0.1) is 0 Å². The third-order valence-corrected chi connectivity index (χ3v) is 2.18. The van der Waals surface area contributed by atoms with Gasteiger partial charge < -0.3 is 10.1 Å². The zero-order valence-corrected chi connectivity index (χ0v) is 8.13. The van der Waals surface area contributed by atoms with Crippen LogP contribution in [-0.4, -0.2) is 6.10 Å². The maximum atomic E-state index is 5.61. The van der Waals surface area contributed by atoms with E-state index in [2.05, 4.69) is 17.4 Å². The molecule has 0 spiro atoms. The van der Waals surface area contributed by atoms with Gasteiger partial charge >= 0.3 is 0 Å². The second-order valence-electron chi connectivity index (χ2n) is 3.70. The first kappa shape index (κ1) is 8.57. The van der Waals surface area contributed by atoms with E-state index in [-0.39, 0.29) is 6.10 Å². The summed E-state index contributed by atoms with van der Waals surface area (Å²) < 4.78 is 5.61. The van der Waals surface area contributed by atoms with Gasteiger partial charge in [-0.05, 0) is 37.1 Å². The molecule has 1 aliphatic heterocycles. The Labute approximate surface area is 78.9 Å². The van der Waals surface area contributed by atoms with Crippen LogP contribution in [-0.2, 0) is 13.1 Å². The second kappa shape index (κ2) is 3.38. The highest BCUT2D eigenvalue weighted by atomic mass is 16.5. The Morgan fingerprint density at radius 3 is 2.77 bits per heavy atom. The predicted octanol–water partition coefficient (Wildman–Crippen LogP) is 2.08. The predicted molar refractivity (Wildman–Crippen MR) is 52.7 cm³/mol. The third-order valence-electron chi connectivity index (χ3n) is 2.18. The van der Waals surface area contributed by atoms with Crippen molar-refractivity contribution in [2.75, 3.05) is 0 Å². The van der Waals surface area contributed by atoms with Crippen molar-refractivity contribution in [1.82, 2.24) is 5.32 Å². The zero-order valence-electron chi connectivity index (χ0n) is 8.13. The molecule has 1 aromatic rings. The largest absolute Gasteiger partial charge is 0.491 e. The van der Waals surface area contributed by atoms with Gasteiger partial charge in [0.1, 0.15) is 5.75 Å². The Balaban J connectivity index is 2.21. The molecule has 2 rings (SSSR count). The van der Waals surface area contributed by atoms with E-state index in [1.54, 1.807) is 0 Å². The summed E-state index contributed by atoms with van der Waals surface area (Å²) in [6, 6.07) is 6.33. The van der Waals surface area contributed by atoms with Crippen LogP contribution in [0.3, 0.4) is 0 Å². The molecule has 70 valence electrons. The quantitative estimate of drug-likeness (QED) is 0.746. The average molecular weight is 177 g/mol. The monoisotopic (exact) mass is 177 g/mol. The molecule has 1 aromatic carbocycles. The van der Waals surface area contributed by atoms with Crippen LogP contribution in [0, 0.1) is 0 Å². The first-order chi connectivity index (χ1) is 6.25. The van der Waals surface area contributed by atoms with E-state index in [9.17, 15) is 0 Å². The minimum atomic E-state index is 0.257. The first-order valence-electron chi connectivity index (χ1n) is 4.75. The lowest BCUT2D eigenvalue weighted by atomic mass is 10.1. The number of nitrogens with one attached hydrogen (secondary N) is 1. The van der Waals surface area contributed by atoms with Crippen molar-refractivity contribution in [3.63, 3.8) is 0 Å². The molecule has 1 N–H and O–H groups in total. The SMILES string of the molecule is CC(C)Oc1ccc2c(c1)CNC2. The standard InChI is InChI=1S/C11H15NO/c1-8(2)13-11-4-3-9-6-12-7-10(9)5-11/h3-5,8,12H,6-7H2,1-2H3. The summed E-state index contributed by atoms with van der Waals surface area (Å²) >= 11 is 0. The van der Waals surface area contributed by atoms with E-state index < -0.39 is 0 Å². The van der Waals surface area contributed by atoms with E-state index in [1.165, 1.54) is 11.1 Å².